The number of amides is 2. The second-order valence-corrected chi connectivity index (χ2v) is 5.84. The standard InChI is InChI=1S/C14H26N2O4/c1-10(3-4-13(18)19)5-7-15-14(20)16-8-6-11(2)12(17)9-16/h10-12,17H,3-9H2,1-2H3,(H,15,20)(H,18,19). The molecule has 1 aliphatic heterocycles. The summed E-state index contributed by atoms with van der Waals surface area (Å²) in [5, 5.41) is 21.2. The number of rotatable bonds is 6. The van der Waals surface area contributed by atoms with E-state index in [1.807, 2.05) is 13.8 Å². The maximum atomic E-state index is 11.9. The first-order valence-electron chi connectivity index (χ1n) is 7.32. The van der Waals surface area contributed by atoms with Crippen molar-refractivity contribution in [2.75, 3.05) is 19.6 Å². The fourth-order valence-electron chi connectivity index (χ4n) is 2.28. The lowest BCUT2D eigenvalue weighted by molar-refractivity contribution is -0.137. The van der Waals surface area contributed by atoms with Gasteiger partial charge in [-0.25, -0.2) is 4.79 Å². The van der Waals surface area contributed by atoms with Crippen LogP contribution < -0.4 is 5.32 Å². The van der Waals surface area contributed by atoms with Crippen molar-refractivity contribution in [2.24, 2.45) is 11.8 Å². The highest BCUT2D eigenvalue weighted by Gasteiger charge is 2.26. The SMILES string of the molecule is CC(CCNC(=O)N1CCC(C)C(O)C1)CCC(=O)O. The van der Waals surface area contributed by atoms with E-state index in [4.69, 9.17) is 5.11 Å². The average Bonchev–Trinajstić information content (AvgIpc) is 2.39. The summed E-state index contributed by atoms with van der Waals surface area (Å²) in [7, 11) is 0. The van der Waals surface area contributed by atoms with Crippen LogP contribution in [0.25, 0.3) is 0 Å². The fraction of sp³-hybridized carbons (Fsp3) is 0.857. The van der Waals surface area contributed by atoms with Crippen LogP contribution in [0.2, 0.25) is 0 Å². The smallest absolute Gasteiger partial charge is 0.317 e. The molecule has 0 radical (unpaired) electrons. The summed E-state index contributed by atoms with van der Waals surface area (Å²) in [6.07, 6.45) is 1.95. The molecule has 6 heteroatoms. The van der Waals surface area contributed by atoms with Crippen LogP contribution in [0.4, 0.5) is 4.79 Å². The number of aliphatic hydroxyl groups is 1. The van der Waals surface area contributed by atoms with Crippen molar-refractivity contribution in [1.29, 1.82) is 0 Å². The van der Waals surface area contributed by atoms with E-state index >= 15 is 0 Å². The first-order valence-corrected chi connectivity index (χ1v) is 7.32. The van der Waals surface area contributed by atoms with Gasteiger partial charge in [-0.15, -0.1) is 0 Å². The number of carboxylic acids is 1. The Hall–Kier alpha value is -1.30. The monoisotopic (exact) mass is 286 g/mol. The van der Waals surface area contributed by atoms with Crippen molar-refractivity contribution in [2.45, 2.75) is 45.6 Å². The molecule has 0 spiro atoms. The first-order chi connectivity index (χ1) is 9.40. The molecule has 1 heterocycles. The molecule has 0 aromatic carbocycles. The number of carbonyl (C=O) groups is 2. The molecule has 0 aromatic heterocycles. The van der Waals surface area contributed by atoms with Crippen LogP contribution in [-0.2, 0) is 4.79 Å². The van der Waals surface area contributed by atoms with Gasteiger partial charge in [-0.3, -0.25) is 4.79 Å². The summed E-state index contributed by atoms with van der Waals surface area (Å²) in [4.78, 5) is 24.0. The topological polar surface area (TPSA) is 89.9 Å². The molecule has 3 N–H and O–H groups in total. The third kappa shape index (κ3) is 5.77. The van der Waals surface area contributed by atoms with Gasteiger partial charge in [-0.05, 0) is 31.1 Å². The Bertz CT molecular complexity index is 335. The van der Waals surface area contributed by atoms with Gasteiger partial charge >= 0.3 is 12.0 Å². The Labute approximate surface area is 120 Å². The van der Waals surface area contributed by atoms with Crippen LogP contribution in [0.5, 0.6) is 0 Å². The summed E-state index contributed by atoms with van der Waals surface area (Å²) in [6.45, 7) is 5.59. The summed E-state index contributed by atoms with van der Waals surface area (Å²) in [5.74, 6) is -0.259. The summed E-state index contributed by atoms with van der Waals surface area (Å²) >= 11 is 0. The van der Waals surface area contributed by atoms with Gasteiger partial charge in [0.05, 0.1) is 6.10 Å². The van der Waals surface area contributed by atoms with Gasteiger partial charge in [0.1, 0.15) is 0 Å². The predicted molar refractivity (Wildman–Crippen MR) is 75.4 cm³/mol. The largest absolute Gasteiger partial charge is 0.481 e. The van der Waals surface area contributed by atoms with Crippen LogP contribution in [0.3, 0.4) is 0 Å². The third-order valence-electron chi connectivity index (χ3n) is 3.97. The van der Waals surface area contributed by atoms with E-state index in [9.17, 15) is 14.7 Å². The second-order valence-electron chi connectivity index (χ2n) is 5.84. The molecule has 0 saturated carbocycles. The minimum atomic E-state index is -0.780. The van der Waals surface area contributed by atoms with Gasteiger partial charge in [-0.2, -0.15) is 0 Å². The summed E-state index contributed by atoms with van der Waals surface area (Å²) in [5.41, 5.74) is 0. The highest BCUT2D eigenvalue weighted by molar-refractivity contribution is 5.74. The molecule has 1 fully saturated rings. The zero-order valence-corrected chi connectivity index (χ0v) is 12.3. The zero-order valence-electron chi connectivity index (χ0n) is 12.3. The van der Waals surface area contributed by atoms with Crippen molar-refractivity contribution in [3.8, 4) is 0 Å². The molecule has 0 bridgehead atoms. The zero-order chi connectivity index (χ0) is 15.1. The molecular formula is C14H26N2O4. The summed E-state index contributed by atoms with van der Waals surface area (Å²) in [6, 6.07) is -0.138. The number of hydrogen-bond acceptors (Lipinski definition) is 3. The molecule has 0 aromatic rings. The van der Waals surface area contributed by atoms with Gasteiger partial charge in [0.15, 0.2) is 0 Å². The van der Waals surface area contributed by atoms with Crippen LogP contribution in [-0.4, -0.2) is 52.9 Å². The van der Waals surface area contributed by atoms with Crippen molar-refractivity contribution < 1.29 is 19.8 Å². The Balaban J connectivity index is 2.18. The lowest BCUT2D eigenvalue weighted by Crippen LogP contribution is -2.49. The molecule has 3 atom stereocenters. The Morgan fingerprint density at radius 3 is 2.70 bits per heavy atom. The van der Waals surface area contributed by atoms with E-state index in [1.165, 1.54) is 0 Å². The number of β-amino-alcohol motifs (C(OH)–C–C–N with tert-alkyl or cyclic N) is 1. The molecule has 1 aliphatic rings. The van der Waals surface area contributed by atoms with Crippen LogP contribution >= 0.6 is 0 Å². The predicted octanol–water partition coefficient (Wildman–Crippen LogP) is 1.29. The second kappa shape index (κ2) is 8.09. The lowest BCUT2D eigenvalue weighted by atomic mass is 9.96. The van der Waals surface area contributed by atoms with Gasteiger partial charge in [-0.1, -0.05) is 13.8 Å². The van der Waals surface area contributed by atoms with Crippen molar-refractivity contribution in [3.05, 3.63) is 0 Å². The highest BCUT2D eigenvalue weighted by Crippen LogP contribution is 2.17. The number of urea groups is 1. The van der Waals surface area contributed by atoms with Gasteiger partial charge < -0.3 is 20.4 Å². The number of nitrogens with one attached hydrogen (secondary N) is 1. The van der Waals surface area contributed by atoms with Crippen molar-refractivity contribution in [3.63, 3.8) is 0 Å². The highest BCUT2D eigenvalue weighted by atomic mass is 16.4. The maximum absolute atomic E-state index is 11.9. The first kappa shape index (κ1) is 16.8. The number of carboxylic acid groups (broad SMARTS) is 1. The number of piperidine rings is 1. The number of likely N-dealkylation sites (tertiary alicyclic amines) is 1. The summed E-state index contributed by atoms with van der Waals surface area (Å²) < 4.78 is 0. The molecule has 2 amide bonds. The average molecular weight is 286 g/mol. The van der Waals surface area contributed by atoms with Crippen molar-refractivity contribution >= 4 is 12.0 Å². The normalized spacial score (nSPS) is 24.2. The quantitative estimate of drug-likeness (QED) is 0.686. The van der Waals surface area contributed by atoms with Gasteiger partial charge in [0.2, 0.25) is 0 Å². The number of carbonyl (C=O) groups excluding carboxylic acids is 1. The number of aliphatic carboxylic acids is 1. The van der Waals surface area contributed by atoms with E-state index in [-0.39, 0.29) is 24.3 Å². The molecule has 3 unspecified atom stereocenters. The number of nitrogens with zero attached hydrogens (tertiary/aromatic N) is 1. The van der Waals surface area contributed by atoms with Crippen LogP contribution in [0.15, 0.2) is 0 Å². The van der Waals surface area contributed by atoms with Gasteiger partial charge in [0.25, 0.3) is 0 Å². The molecule has 0 aliphatic carbocycles. The van der Waals surface area contributed by atoms with Crippen molar-refractivity contribution in [1.82, 2.24) is 10.2 Å². The number of aliphatic hydroxyl groups excluding tert-OH is 1. The molecule has 1 rings (SSSR count). The lowest BCUT2D eigenvalue weighted by Gasteiger charge is -2.34. The van der Waals surface area contributed by atoms with E-state index in [1.54, 1.807) is 4.90 Å². The molecular weight excluding hydrogens is 260 g/mol. The Kier molecular flexibility index (Phi) is 6.78. The van der Waals surface area contributed by atoms with E-state index in [0.29, 0.717) is 26.1 Å². The van der Waals surface area contributed by atoms with E-state index < -0.39 is 12.1 Å². The van der Waals surface area contributed by atoms with Gasteiger partial charge in [0, 0.05) is 26.1 Å². The Morgan fingerprint density at radius 1 is 1.40 bits per heavy atom. The fourth-order valence-corrected chi connectivity index (χ4v) is 2.28. The minimum Gasteiger partial charge on any atom is -0.481 e. The van der Waals surface area contributed by atoms with E-state index in [2.05, 4.69) is 5.32 Å². The molecule has 20 heavy (non-hydrogen) atoms. The Morgan fingerprint density at radius 2 is 2.10 bits per heavy atom. The maximum Gasteiger partial charge on any atom is 0.317 e. The molecule has 116 valence electrons. The number of hydrogen-bond donors (Lipinski definition) is 3. The molecule has 1 saturated heterocycles. The van der Waals surface area contributed by atoms with E-state index in [0.717, 1.165) is 12.8 Å². The third-order valence-corrected chi connectivity index (χ3v) is 3.97. The van der Waals surface area contributed by atoms with Crippen LogP contribution in [0, 0.1) is 11.8 Å². The van der Waals surface area contributed by atoms with Crippen LogP contribution in [0.1, 0.15) is 39.5 Å². The minimum absolute atomic E-state index is 0.138. The molecule has 6 nitrogen and oxygen atoms in total.